The summed E-state index contributed by atoms with van der Waals surface area (Å²) in [7, 11) is 1.61. The molecule has 0 spiro atoms. The summed E-state index contributed by atoms with van der Waals surface area (Å²) >= 11 is 0. The fraction of sp³-hybridized carbons (Fsp3) is 0.400. The number of amides is 1. The van der Waals surface area contributed by atoms with Crippen molar-refractivity contribution in [2.24, 2.45) is 11.7 Å². The molecule has 3 aromatic rings. The molecule has 0 radical (unpaired) electrons. The number of benzene rings is 1. The molecule has 168 valence electrons. The molecule has 7 nitrogen and oxygen atoms in total. The van der Waals surface area contributed by atoms with E-state index in [1.807, 2.05) is 48.5 Å². The third-order valence-corrected chi connectivity index (χ3v) is 6.22. The summed E-state index contributed by atoms with van der Waals surface area (Å²) < 4.78 is 10.6. The number of ether oxygens (including phenoxy) is 2. The smallest absolute Gasteiger partial charge is 0.407 e. The van der Waals surface area contributed by atoms with Crippen LogP contribution in [0.1, 0.15) is 36.8 Å². The maximum atomic E-state index is 12.1. The topological polar surface area (TPSA) is 99.4 Å². The standard InChI is InChI=1S/C25H30N4O3/c1-31-23-12-11-22-24(29-23)19(13-14-27-22)15-21(26)18-7-9-20(10-8-18)28-25(30)32-16-17-5-3-2-4-6-17/h2-6,11-14,18,20-21H,7-10,15-16,26H2,1H3,(H,28,30)/t18-,20-,21?. The number of nitrogens with one attached hydrogen (secondary N) is 1. The molecule has 7 heteroatoms. The van der Waals surface area contributed by atoms with E-state index in [1.165, 1.54) is 0 Å². The second kappa shape index (κ2) is 10.4. The van der Waals surface area contributed by atoms with Gasteiger partial charge in [-0.15, -0.1) is 0 Å². The van der Waals surface area contributed by atoms with Crippen molar-refractivity contribution in [2.45, 2.75) is 50.8 Å². The maximum absolute atomic E-state index is 12.1. The summed E-state index contributed by atoms with van der Waals surface area (Å²) in [5, 5.41) is 3.00. The molecule has 1 aromatic carbocycles. The molecular weight excluding hydrogens is 404 g/mol. The lowest BCUT2D eigenvalue weighted by molar-refractivity contribution is 0.130. The maximum Gasteiger partial charge on any atom is 0.407 e. The summed E-state index contributed by atoms with van der Waals surface area (Å²) in [5.74, 6) is 0.980. The monoisotopic (exact) mass is 434 g/mol. The minimum atomic E-state index is -0.357. The Morgan fingerprint density at radius 1 is 1.12 bits per heavy atom. The van der Waals surface area contributed by atoms with Gasteiger partial charge in [0.1, 0.15) is 6.61 Å². The lowest BCUT2D eigenvalue weighted by atomic mass is 9.80. The van der Waals surface area contributed by atoms with Crippen molar-refractivity contribution in [1.82, 2.24) is 15.3 Å². The van der Waals surface area contributed by atoms with Crippen LogP contribution in [0.25, 0.3) is 11.0 Å². The van der Waals surface area contributed by atoms with Gasteiger partial charge in [0.25, 0.3) is 0 Å². The summed E-state index contributed by atoms with van der Waals surface area (Å²) in [6.07, 6.45) is 5.95. The number of fused-ring (bicyclic) bond motifs is 1. The van der Waals surface area contributed by atoms with Gasteiger partial charge in [0.2, 0.25) is 5.88 Å². The number of aromatic nitrogens is 2. The average Bonchev–Trinajstić information content (AvgIpc) is 2.84. The molecule has 0 saturated heterocycles. The molecule has 4 rings (SSSR count). The first-order valence-electron chi connectivity index (χ1n) is 11.1. The first kappa shape index (κ1) is 22.0. The first-order valence-corrected chi connectivity index (χ1v) is 11.1. The highest BCUT2D eigenvalue weighted by Crippen LogP contribution is 2.29. The van der Waals surface area contributed by atoms with Crippen molar-refractivity contribution >= 4 is 17.1 Å². The number of hydrogen-bond donors (Lipinski definition) is 2. The predicted octanol–water partition coefficient (Wildman–Crippen LogP) is 3.99. The highest BCUT2D eigenvalue weighted by atomic mass is 16.5. The number of nitrogens with zero attached hydrogens (tertiary/aromatic N) is 2. The number of carbonyl (C=O) groups excluding carboxylic acids is 1. The summed E-state index contributed by atoms with van der Waals surface area (Å²) in [4.78, 5) is 21.1. The molecule has 32 heavy (non-hydrogen) atoms. The highest BCUT2D eigenvalue weighted by Gasteiger charge is 2.27. The summed E-state index contributed by atoms with van der Waals surface area (Å²) in [5.41, 5.74) is 10.4. The Morgan fingerprint density at radius 3 is 2.66 bits per heavy atom. The van der Waals surface area contributed by atoms with Gasteiger partial charge in [0.15, 0.2) is 0 Å². The number of methoxy groups -OCH3 is 1. The minimum Gasteiger partial charge on any atom is -0.481 e. The Bertz CT molecular complexity index is 1040. The van der Waals surface area contributed by atoms with Gasteiger partial charge in [-0.05, 0) is 61.3 Å². The molecule has 1 fully saturated rings. The van der Waals surface area contributed by atoms with Crippen molar-refractivity contribution in [2.75, 3.05) is 7.11 Å². The van der Waals surface area contributed by atoms with E-state index in [1.54, 1.807) is 13.3 Å². The van der Waals surface area contributed by atoms with Crippen LogP contribution in [0.15, 0.2) is 54.7 Å². The zero-order chi connectivity index (χ0) is 22.3. The van der Waals surface area contributed by atoms with Gasteiger partial charge in [-0.2, -0.15) is 0 Å². The van der Waals surface area contributed by atoms with Gasteiger partial charge in [-0.25, -0.2) is 9.78 Å². The van der Waals surface area contributed by atoms with Gasteiger partial charge < -0.3 is 20.5 Å². The fourth-order valence-corrected chi connectivity index (χ4v) is 4.38. The van der Waals surface area contributed by atoms with Gasteiger partial charge in [-0.3, -0.25) is 4.98 Å². The first-order chi connectivity index (χ1) is 15.6. The second-order valence-electron chi connectivity index (χ2n) is 8.38. The third kappa shape index (κ3) is 5.53. The Hall–Kier alpha value is -3.19. The molecule has 2 heterocycles. The Morgan fingerprint density at radius 2 is 1.91 bits per heavy atom. The zero-order valence-corrected chi connectivity index (χ0v) is 18.4. The summed E-state index contributed by atoms with van der Waals surface area (Å²) in [6, 6.07) is 15.6. The van der Waals surface area contributed by atoms with Crippen molar-refractivity contribution in [3.63, 3.8) is 0 Å². The largest absolute Gasteiger partial charge is 0.481 e. The van der Waals surface area contributed by atoms with E-state index in [2.05, 4.69) is 15.3 Å². The van der Waals surface area contributed by atoms with Crippen LogP contribution in [0.5, 0.6) is 5.88 Å². The molecule has 2 aromatic heterocycles. The average molecular weight is 435 g/mol. The van der Waals surface area contributed by atoms with Gasteiger partial charge in [0, 0.05) is 24.3 Å². The minimum absolute atomic E-state index is 0.0274. The van der Waals surface area contributed by atoms with E-state index in [4.69, 9.17) is 15.2 Å². The Labute approximate surface area is 188 Å². The molecule has 1 atom stereocenters. The molecule has 1 aliphatic carbocycles. The lowest BCUT2D eigenvalue weighted by Gasteiger charge is -2.32. The van der Waals surface area contributed by atoms with E-state index in [-0.39, 0.29) is 24.8 Å². The van der Waals surface area contributed by atoms with Crippen LogP contribution < -0.4 is 15.8 Å². The normalized spacial score (nSPS) is 19.3. The van der Waals surface area contributed by atoms with Gasteiger partial charge >= 0.3 is 6.09 Å². The molecule has 1 saturated carbocycles. The van der Waals surface area contributed by atoms with E-state index in [9.17, 15) is 4.79 Å². The number of pyridine rings is 2. The highest BCUT2D eigenvalue weighted by molar-refractivity contribution is 5.78. The van der Waals surface area contributed by atoms with E-state index in [0.717, 1.165) is 54.3 Å². The van der Waals surface area contributed by atoms with Crippen LogP contribution >= 0.6 is 0 Å². The summed E-state index contributed by atoms with van der Waals surface area (Å²) in [6.45, 7) is 0.283. The lowest BCUT2D eigenvalue weighted by Crippen LogP contribution is -2.42. The number of alkyl carbamates (subject to hydrolysis) is 1. The van der Waals surface area contributed by atoms with Gasteiger partial charge in [-0.1, -0.05) is 30.3 Å². The van der Waals surface area contributed by atoms with E-state index >= 15 is 0 Å². The van der Waals surface area contributed by atoms with E-state index < -0.39 is 0 Å². The third-order valence-electron chi connectivity index (χ3n) is 6.22. The number of hydrogen-bond acceptors (Lipinski definition) is 6. The molecule has 0 bridgehead atoms. The number of nitrogens with two attached hydrogens (primary N) is 1. The van der Waals surface area contributed by atoms with E-state index in [0.29, 0.717) is 11.8 Å². The predicted molar refractivity (Wildman–Crippen MR) is 123 cm³/mol. The molecule has 0 aliphatic heterocycles. The van der Waals surface area contributed by atoms with Crippen LogP contribution in [-0.2, 0) is 17.8 Å². The van der Waals surface area contributed by atoms with Gasteiger partial charge in [0.05, 0.1) is 18.1 Å². The number of carbonyl (C=O) groups is 1. The molecule has 1 aliphatic rings. The Kier molecular flexibility index (Phi) is 7.17. The fourth-order valence-electron chi connectivity index (χ4n) is 4.38. The van der Waals surface area contributed by atoms with Crippen molar-refractivity contribution in [1.29, 1.82) is 0 Å². The van der Waals surface area contributed by atoms with Crippen molar-refractivity contribution < 1.29 is 14.3 Å². The van der Waals surface area contributed by atoms with Crippen LogP contribution in [0.2, 0.25) is 0 Å². The number of rotatable bonds is 7. The molecule has 3 N–H and O–H groups in total. The van der Waals surface area contributed by atoms with Crippen molar-refractivity contribution in [3.05, 3.63) is 65.9 Å². The van der Waals surface area contributed by atoms with Crippen LogP contribution in [0.3, 0.4) is 0 Å². The van der Waals surface area contributed by atoms with Crippen LogP contribution in [-0.4, -0.2) is 35.3 Å². The zero-order valence-electron chi connectivity index (χ0n) is 18.4. The molecule has 1 unspecified atom stereocenters. The second-order valence-corrected chi connectivity index (χ2v) is 8.38. The SMILES string of the molecule is COc1ccc2nccc(CC(N)[C@H]3CC[C@H](NC(=O)OCc4ccccc4)CC3)c2n1. The van der Waals surface area contributed by atoms with Crippen LogP contribution in [0, 0.1) is 5.92 Å². The molecule has 1 amide bonds. The molecular formula is C25H30N4O3. The Balaban J connectivity index is 1.27. The quantitative estimate of drug-likeness (QED) is 0.583. The van der Waals surface area contributed by atoms with Crippen LogP contribution in [0.4, 0.5) is 4.79 Å². The van der Waals surface area contributed by atoms with Crippen molar-refractivity contribution in [3.8, 4) is 5.88 Å².